The van der Waals surface area contributed by atoms with Gasteiger partial charge in [-0.15, -0.1) is 10.6 Å². The zero-order valence-corrected chi connectivity index (χ0v) is 11.3. The molecular weight excluding hydrogens is 250 g/mol. The number of nitrogens with one attached hydrogen (secondary N) is 2. The molecule has 0 saturated heterocycles. The maximum absolute atomic E-state index is 5.83. The molecule has 0 radical (unpaired) electrons. The number of hydrazone groups is 1. The summed E-state index contributed by atoms with van der Waals surface area (Å²) in [5.74, 6) is 6.50. The summed E-state index contributed by atoms with van der Waals surface area (Å²) < 4.78 is 0. The summed E-state index contributed by atoms with van der Waals surface area (Å²) in [6.07, 6.45) is 1.04. The molecule has 3 rings (SSSR count). The molecule has 1 heterocycles. The third kappa shape index (κ3) is 2.24. The molecule has 1 aliphatic rings. The summed E-state index contributed by atoms with van der Waals surface area (Å²) in [4.78, 5) is 0. The Kier molecular flexibility index (Phi) is 3.37. The van der Waals surface area contributed by atoms with Crippen molar-refractivity contribution in [1.29, 1.82) is 0 Å². The summed E-state index contributed by atoms with van der Waals surface area (Å²) in [6.45, 7) is 2.15. The molecule has 0 fully saturated rings. The van der Waals surface area contributed by atoms with Gasteiger partial charge in [0.25, 0.3) is 0 Å². The van der Waals surface area contributed by atoms with Gasteiger partial charge < -0.3 is 0 Å². The van der Waals surface area contributed by atoms with Crippen LogP contribution in [0.4, 0.5) is 0 Å². The molecule has 0 amide bonds. The number of hydrazine groups is 3. The van der Waals surface area contributed by atoms with Crippen molar-refractivity contribution in [3.05, 3.63) is 59.7 Å². The Labute approximate surface area is 118 Å². The lowest BCUT2D eigenvalue weighted by Gasteiger charge is -2.15. The molecule has 0 unspecified atom stereocenters. The molecule has 2 aromatic carbocycles. The average Bonchev–Trinajstić information content (AvgIpc) is 2.93. The summed E-state index contributed by atoms with van der Waals surface area (Å²) in [7, 11) is 0. The van der Waals surface area contributed by atoms with Gasteiger partial charge in [0.05, 0.1) is 0 Å². The van der Waals surface area contributed by atoms with Gasteiger partial charge in [-0.2, -0.15) is 0 Å². The van der Waals surface area contributed by atoms with Gasteiger partial charge in [0, 0.05) is 5.56 Å². The number of hydrogen-bond acceptors (Lipinski definition) is 5. The third-order valence-corrected chi connectivity index (χ3v) is 3.40. The van der Waals surface area contributed by atoms with E-state index in [0.717, 1.165) is 23.1 Å². The van der Waals surface area contributed by atoms with Crippen LogP contribution >= 0.6 is 0 Å². The lowest BCUT2D eigenvalue weighted by Crippen LogP contribution is -2.46. The van der Waals surface area contributed by atoms with Gasteiger partial charge in [0.15, 0.2) is 5.84 Å². The van der Waals surface area contributed by atoms with E-state index in [2.05, 4.69) is 53.4 Å². The Balaban J connectivity index is 2.05. The van der Waals surface area contributed by atoms with Crippen LogP contribution in [-0.2, 0) is 6.42 Å². The number of nitrogens with zero attached hydrogens (tertiary/aromatic N) is 2. The Hall–Kier alpha value is -2.37. The average molecular weight is 267 g/mol. The topological polar surface area (TPSA) is 65.7 Å². The van der Waals surface area contributed by atoms with Crippen molar-refractivity contribution in [2.75, 3.05) is 0 Å². The fourth-order valence-corrected chi connectivity index (χ4v) is 2.28. The van der Waals surface area contributed by atoms with E-state index in [0.29, 0.717) is 5.84 Å². The normalized spacial score (nSPS) is 14.1. The second-order valence-corrected chi connectivity index (χ2v) is 4.63. The predicted octanol–water partition coefficient (Wildman–Crippen LogP) is 1.78. The molecule has 5 nitrogen and oxygen atoms in total. The monoisotopic (exact) mass is 267 g/mol. The van der Waals surface area contributed by atoms with Gasteiger partial charge in [-0.25, -0.2) is 16.5 Å². The molecule has 4 N–H and O–H groups in total. The fourth-order valence-electron chi connectivity index (χ4n) is 2.28. The van der Waals surface area contributed by atoms with E-state index in [-0.39, 0.29) is 0 Å². The van der Waals surface area contributed by atoms with Crippen LogP contribution < -0.4 is 16.9 Å². The van der Waals surface area contributed by atoms with E-state index in [9.17, 15) is 0 Å². The van der Waals surface area contributed by atoms with Gasteiger partial charge in [-0.3, -0.25) is 0 Å². The van der Waals surface area contributed by atoms with E-state index >= 15 is 0 Å². The van der Waals surface area contributed by atoms with Gasteiger partial charge in [-0.1, -0.05) is 55.5 Å². The van der Waals surface area contributed by atoms with Crippen molar-refractivity contribution < 1.29 is 0 Å². The van der Waals surface area contributed by atoms with Gasteiger partial charge in [-0.05, 0) is 23.1 Å². The first-order valence-corrected chi connectivity index (χ1v) is 6.61. The molecular formula is C15H17N5. The number of hydrogen-bond donors (Lipinski definition) is 3. The first-order chi connectivity index (χ1) is 9.79. The van der Waals surface area contributed by atoms with Crippen LogP contribution in [0, 0.1) is 0 Å². The zero-order chi connectivity index (χ0) is 13.9. The van der Waals surface area contributed by atoms with Gasteiger partial charge in [0.1, 0.15) is 0 Å². The van der Waals surface area contributed by atoms with Crippen molar-refractivity contribution in [3.63, 3.8) is 0 Å². The molecule has 2 aromatic rings. The van der Waals surface area contributed by atoms with Crippen LogP contribution in [-0.4, -0.2) is 11.0 Å². The number of benzene rings is 2. The second-order valence-electron chi connectivity index (χ2n) is 4.63. The Morgan fingerprint density at radius 1 is 1.05 bits per heavy atom. The molecule has 0 aliphatic carbocycles. The molecule has 0 saturated carbocycles. The van der Waals surface area contributed by atoms with Crippen LogP contribution in [0.2, 0.25) is 0 Å². The van der Waals surface area contributed by atoms with Crippen molar-refractivity contribution in [2.24, 2.45) is 10.9 Å². The van der Waals surface area contributed by atoms with Crippen LogP contribution in [0.1, 0.15) is 18.1 Å². The van der Waals surface area contributed by atoms with E-state index in [1.54, 1.807) is 0 Å². The van der Waals surface area contributed by atoms with Crippen molar-refractivity contribution in [2.45, 2.75) is 13.3 Å². The predicted molar refractivity (Wildman–Crippen MR) is 80.1 cm³/mol. The summed E-state index contributed by atoms with van der Waals surface area (Å²) in [6, 6.07) is 16.7. The Morgan fingerprint density at radius 2 is 1.75 bits per heavy atom. The van der Waals surface area contributed by atoms with E-state index in [1.165, 1.54) is 10.7 Å². The standard InChI is InChI=1S/C15H17N5/c1-2-11-7-9-12(10-8-11)13-5-3-4-6-14(13)15-17-18-19-20(15)16/h3-10,18-19H,2,16H2,1H3. The van der Waals surface area contributed by atoms with Crippen molar-refractivity contribution in [1.82, 2.24) is 16.2 Å². The van der Waals surface area contributed by atoms with Crippen LogP contribution in [0.5, 0.6) is 0 Å². The van der Waals surface area contributed by atoms with E-state index < -0.39 is 0 Å². The quantitative estimate of drug-likeness (QED) is 0.742. The number of nitrogens with two attached hydrogens (primary N) is 1. The first kappa shape index (κ1) is 12.7. The molecule has 0 spiro atoms. The van der Waals surface area contributed by atoms with Crippen molar-refractivity contribution >= 4 is 5.84 Å². The highest BCUT2D eigenvalue weighted by Gasteiger charge is 2.18. The highest BCUT2D eigenvalue weighted by Crippen LogP contribution is 2.25. The Morgan fingerprint density at radius 3 is 2.35 bits per heavy atom. The molecule has 102 valence electrons. The lowest BCUT2D eigenvalue weighted by molar-refractivity contribution is 0.304. The smallest absolute Gasteiger partial charge is 0.189 e. The van der Waals surface area contributed by atoms with Crippen molar-refractivity contribution in [3.8, 4) is 11.1 Å². The van der Waals surface area contributed by atoms with Crippen LogP contribution in [0.25, 0.3) is 11.1 Å². The maximum atomic E-state index is 5.83. The number of aryl methyl sites for hydroxylation is 1. The molecule has 0 aromatic heterocycles. The molecule has 20 heavy (non-hydrogen) atoms. The fraction of sp³-hybridized carbons (Fsp3) is 0.133. The minimum atomic E-state index is 0.667. The van der Waals surface area contributed by atoms with E-state index in [4.69, 9.17) is 5.84 Å². The minimum Gasteiger partial charge on any atom is -0.230 e. The third-order valence-electron chi connectivity index (χ3n) is 3.40. The highest BCUT2D eigenvalue weighted by molar-refractivity contribution is 6.04. The number of rotatable bonds is 3. The van der Waals surface area contributed by atoms with Crippen LogP contribution in [0.3, 0.4) is 0 Å². The van der Waals surface area contributed by atoms with E-state index in [1.807, 2.05) is 18.2 Å². The molecule has 5 heteroatoms. The molecule has 0 atom stereocenters. The molecule has 1 aliphatic heterocycles. The summed E-state index contributed by atoms with van der Waals surface area (Å²) in [5.41, 5.74) is 9.95. The lowest BCUT2D eigenvalue weighted by atomic mass is 9.97. The zero-order valence-electron chi connectivity index (χ0n) is 11.3. The van der Waals surface area contributed by atoms with Gasteiger partial charge in [0.2, 0.25) is 0 Å². The summed E-state index contributed by atoms with van der Waals surface area (Å²) in [5, 5.41) is 5.54. The second kappa shape index (κ2) is 5.32. The number of amidine groups is 1. The maximum Gasteiger partial charge on any atom is 0.189 e. The van der Waals surface area contributed by atoms with Gasteiger partial charge >= 0.3 is 0 Å². The minimum absolute atomic E-state index is 0.667. The SMILES string of the molecule is CCc1ccc(-c2ccccc2C2=NNNN2N)cc1. The Bertz CT molecular complexity index is 633. The largest absolute Gasteiger partial charge is 0.230 e. The molecule has 0 bridgehead atoms. The first-order valence-electron chi connectivity index (χ1n) is 6.61. The van der Waals surface area contributed by atoms with Crippen LogP contribution in [0.15, 0.2) is 53.6 Å². The summed E-state index contributed by atoms with van der Waals surface area (Å²) >= 11 is 0. The highest BCUT2D eigenvalue weighted by atomic mass is 15.9.